The molecule has 1 N–H and O–H groups in total. The zero-order chi connectivity index (χ0) is 22.5. The fourth-order valence-corrected chi connectivity index (χ4v) is 3.89. The Morgan fingerprint density at radius 2 is 1.84 bits per heavy atom. The Morgan fingerprint density at radius 1 is 1.16 bits per heavy atom. The van der Waals surface area contributed by atoms with E-state index in [0.717, 1.165) is 16.7 Å². The molecule has 1 aliphatic rings. The smallest absolute Gasteiger partial charge is 0.293 e. The van der Waals surface area contributed by atoms with Crippen molar-refractivity contribution >= 4 is 34.9 Å². The van der Waals surface area contributed by atoms with Gasteiger partial charge in [-0.1, -0.05) is 0 Å². The van der Waals surface area contributed by atoms with Gasteiger partial charge in [0.05, 0.1) is 38.1 Å². The summed E-state index contributed by atoms with van der Waals surface area (Å²) in [5.74, 6) is 1.04. The lowest BCUT2D eigenvalue weighted by molar-refractivity contribution is -0.122. The van der Waals surface area contributed by atoms with Gasteiger partial charge in [-0.3, -0.25) is 19.3 Å². The Kier molecular flexibility index (Phi) is 6.91. The summed E-state index contributed by atoms with van der Waals surface area (Å²) in [5.41, 5.74) is 1.03. The van der Waals surface area contributed by atoms with Gasteiger partial charge in [0, 0.05) is 13.1 Å². The number of aryl methyl sites for hydroxylation is 1. The van der Waals surface area contributed by atoms with Crippen LogP contribution in [-0.4, -0.2) is 56.4 Å². The fraction of sp³-hybridized carbons (Fsp3) is 0.286. The molecule has 31 heavy (non-hydrogen) atoms. The zero-order valence-electron chi connectivity index (χ0n) is 17.5. The van der Waals surface area contributed by atoms with Crippen molar-refractivity contribution in [1.82, 2.24) is 10.2 Å². The second kappa shape index (κ2) is 9.61. The quantitative estimate of drug-likeness (QED) is 0.617. The van der Waals surface area contributed by atoms with Gasteiger partial charge < -0.3 is 23.9 Å². The first-order valence-electron chi connectivity index (χ1n) is 9.27. The molecule has 0 bridgehead atoms. The molecule has 1 aliphatic heterocycles. The van der Waals surface area contributed by atoms with Gasteiger partial charge in [0.1, 0.15) is 5.76 Å². The molecule has 0 saturated carbocycles. The Morgan fingerprint density at radius 3 is 2.39 bits per heavy atom. The van der Waals surface area contributed by atoms with Gasteiger partial charge in [-0.25, -0.2) is 0 Å². The van der Waals surface area contributed by atoms with Crippen LogP contribution in [0.3, 0.4) is 0 Å². The maximum atomic E-state index is 12.7. The predicted octanol–water partition coefficient (Wildman–Crippen LogP) is 3.08. The number of hydrogen-bond acceptors (Lipinski definition) is 8. The summed E-state index contributed by atoms with van der Waals surface area (Å²) in [6, 6.07) is 4.93. The topological polar surface area (TPSA) is 107 Å². The van der Waals surface area contributed by atoms with Crippen molar-refractivity contribution in [2.24, 2.45) is 0 Å². The maximum Gasteiger partial charge on any atom is 0.293 e. The second-order valence-corrected chi connectivity index (χ2v) is 7.43. The van der Waals surface area contributed by atoms with Crippen molar-refractivity contribution in [1.29, 1.82) is 0 Å². The van der Waals surface area contributed by atoms with Gasteiger partial charge in [-0.2, -0.15) is 0 Å². The van der Waals surface area contributed by atoms with Crippen LogP contribution in [0.5, 0.6) is 17.2 Å². The highest BCUT2D eigenvalue weighted by atomic mass is 32.2. The summed E-state index contributed by atoms with van der Waals surface area (Å²) >= 11 is 0.830. The Labute approximate surface area is 183 Å². The molecule has 164 valence electrons. The van der Waals surface area contributed by atoms with E-state index in [1.165, 1.54) is 27.6 Å². The first-order chi connectivity index (χ1) is 14.9. The lowest BCUT2D eigenvalue weighted by Gasteiger charge is -2.13. The molecule has 1 aromatic heterocycles. The lowest BCUT2D eigenvalue weighted by atomic mass is 10.1. The Hall–Kier alpha value is -3.40. The molecule has 10 heteroatoms. The number of nitrogens with one attached hydrogen (secondary N) is 1. The minimum absolute atomic E-state index is 0.0555. The van der Waals surface area contributed by atoms with Crippen molar-refractivity contribution in [3.63, 3.8) is 0 Å². The molecule has 2 aromatic rings. The van der Waals surface area contributed by atoms with E-state index >= 15 is 0 Å². The zero-order valence-corrected chi connectivity index (χ0v) is 18.3. The molecule has 0 aliphatic carbocycles. The van der Waals surface area contributed by atoms with E-state index in [1.807, 2.05) is 0 Å². The van der Waals surface area contributed by atoms with Gasteiger partial charge in [0.15, 0.2) is 11.5 Å². The molecule has 0 spiro atoms. The third-order valence-corrected chi connectivity index (χ3v) is 5.49. The largest absolute Gasteiger partial charge is 0.493 e. The standard InChI is InChI=1S/C21H22N2O7S/c1-12-14(5-8-30-12)19(24)22-6-7-23-20(25)17(31-21(23)26)11-13-9-15(27-2)18(29-4)16(10-13)28-3/h5,8-11H,6-7H2,1-4H3,(H,22,24)/b17-11-. The van der Waals surface area contributed by atoms with Crippen molar-refractivity contribution < 1.29 is 33.0 Å². The minimum Gasteiger partial charge on any atom is -0.493 e. The van der Waals surface area contributed by atoms with E-state index in [9.17, 15) is 14.4 Å². The normalized spacial score (nSPS) is 14.8. The summed E-state index contributed by atoms with van der Waals surface area (Å²) in [4.78, 5) is 38.5. The first-order valence-corrected chi connectivity index (χ1v) is 10.1. The van der Waals surface area contributed by atoms with Crippen LogP contribution < -0.4 is 19.5 Å². The van der Waals surface area contributed by atoms with Crippen LogP contribution in [0.4, 0.5) is 4.79 Å². The Balaban J connectivity index is 1.70. The van der Waals surface area contributed by atoms with Gasteiger partial charge in [-0.15, -0.1) is 0 Å². The highest BCUT2D eigenvalue weighted by Gasteiger charge is 2.34. The number of carbonyl (C=O) groups excluding carboxylic acids is 3. The van der Waals surface area contributed by atoms with E-state index in [0.29, 0.717) is 34.1 Å². The van der Waals surface area contributed by atoms with Crippen LogP contribution >= 0.6 is 11.8 Å². The van der Waals surface area contributed by atoms with Gasteiger partial charge in [-0.05, 0) is 48.5 Å². The van der Waals surface area contributed by atoms with Crippen LogP contribution in [-0.2, 0) is 4.79 Å². The molecular weight excluding hydrogens is 424 g/mol. The molecule has 1 fully saturated rings. The van der Waals surface area contributed by atoms with E-state index in [2.05, 4.69) is 5.32 Å². The number of benzene rings is 1. The third-order valence-electron chi connectivity index (χ3n) is 4.58. The van der Waals surface area contributed by atoms with Crippen LogP contribution in [0.25, 0.3) is 6.08 Å². The van der Waals surface area contributed by atoms with E-state index in [4.69, 9.17) is 18.6 Å². The van der Waals surface area contributed by atoms with E-state index in [1.54, 1.807) is 31.2 Å². The number of hydrogen-bond donors (Lipinski definition) is 1. The second-order valence-electron chi connectivity index (χ2n) is 6.44. The fourth-order valence-electron chi connectivity index (χ4n) is 3.03. The molecule has 3 amide bonds. The number of nitrogens with zero attached hydrogens (tertiary/aromatic N) is 1. The minimum atomic E-state index is -0.433. The highest BCUT2D eigenvalue weighted by molar-refractivity contribution is 8.18. The first kappa shape index (κ1) is 22.3. The SMILES string of the molecule is COc1cc(/C=C2\SC(=O)N(CCNC(=O)c3ccoc3C)C2=O)cc(OC)c1OC. The monoisotopic (exact) mass is 446 g/mol. The number of ether oxygens (including phenoxy) is 3. The Bertz CT molecular complexity index is 1020. The molecule has 0 radical (unpaired) electrons. The number of thioether (sulfide) groups is 1. The molecule has 0 unspecified atom stereocenters. The van der Waals surface area contributed by atoms with Crippen molar-refractivity contribution in [3.05, 3.63) is 46.3 Å². The molecule has 1 saturated heterocycles. The van der Waals surface area contributed by atoms with Crippen molar-refractivity contribution in [2.45, 2.75) is 6.92 Å². The van der Waals surface area contributed by atoms with Gasteiger partial charge in [0.2, 0.25) is 5.75 Å². The van der Waals surface area contributed by atoms with Crippen LogP contribution in [0.1, 0.15) is 21.7 Å². The van der Waals surface area contributed by atoms with Crippen LogP contribution in [0.2, 0.25) is 0 Å². The summed E-state index contributed by atoms with van der Waals surface area (Å²) in [6.07, 6.45) is 3.01. The van der Waals surface area contributed by atoms with Gasteiger partial charge >= 0.3 is 0 Å². The summed E-state index contributed by atoms with van der Waals surface area (Å²) < 4.78 is 21.0. The molecule has 2 heterocycles. The van der Waals surface area contributed by atoms with Crippen LogP contribution in [0.15, 0.2) is 33.8 Å². The summed E-state index contributed by atoms with van der Waals surface area (Å²) in [7, 11) is 4.49. The van der Waals surface area contributed by atoms with E-state index in [-0.39, 0.29) is 23.9 Å². The molecule has 0 atom stereocenters. The highest BCUT2D eigenvalue weighted by Crippen LogP contribution is 2.40. The van der Waals surface area contributed by atoms with E-state index < -0.39 is 11.1 Å². The average molecular weight is 446 g/mol. The third kappa shape index (κ3) is 4.69. The lowest BCUT2D eigenvalue weighted by Crippen LogP contribution is -2.37. The molecular formula is C21H22N2O7S. The molecule has 3 rings (SSSR count). The number of methoxy groups -OCH3 is 3. The van der Waals surface area contributed by atoms with Crippen molar-refractivity contribution in [2.75, 3.05) is 34.4 Å². The maximum absolute atomic E-state index is 12.7. The number of imide groups is 1. The molecule has 1 aromatic carbocycles. The number of amides is 3. The predicted molar refractivity (Wildman–Crippen MR) is 115 cm³/mol. The number of furan rings is 1. The van der Waals surface area contributed by atoms with Crippen LogP contribution in [0, 0.1) is 6.92 Å². The summed E-state index contributed by atoms with van der Waals surface area (Å²) in [6.45, 7) is 1.86. The van der Waals surface area contributed by atoms with Crippen molar-refractivity contribution in [3.8, 4) is 17.2 Å². The number of carbonyl (C=O) groups is 3. The average Bonchev–Trinajstić information content (AvgIpc) is 3.30. The number of rotatable bonds is 8. The molecule has 9 nitrogen and oxygen atoms in total. The summed E-state index contributed by atoms with van der Waals surface area (Å²) in [5, 5.41) is 2.28. The van der Waals surface area contributed by atoms with Gasteiger partial charge in [0.25, 0.3) is 17.1 Å².